The average molecular weight is 376 g/mol. The van der Waals surface area contributed by atoms with Gasteiger partial charge < -0.3 is 9.88 Å². The highest BCUT2D eigenvalue weighted by Gasteiger charge is 2.12. The smallest absolute Gasteiger partial charge is 0.225 e. The second-order valence-electron chi connectivity index (χ2n) is 5.84. The minimum atomic E-state index is -0.108. The molecule has 0 aliphatic rings. The van der Waals surface area contributed by atoms with Crippen molar-refractivity contribution in [1.29, 1.82) is 5.26 Å². The highest BCUT2D eigenvalue weighted by molar-refractivity contribution is 7.99. The number of amides is 1. The van der Waals surface area contributed by atoms with Crippen LogP contribution >= 0.6 is 11.8 Å². The van der Waals surface area contributed by atoms with Crippen LogP contribution in [0.25, 0.3) is 11.3 Å². The van der Waals surface area contributed by atoms with E-state index >= 15 is 0 Å². The fourth-order valence-corrected chi connectivity index (χ4v) is 3.74. The highest BCUT2D eigenvalue weighted by atomic mass is 32.2. The van der Waals surface area contributed by atoms with E-state index in [0.717, 1.165) is 23.0 Å². The first kappa shape index (κ1) is 18.7. The summed E-state index contributed by atoms with van der Waals surface area (Å²) in [7, 11) is 0. The number of nitrogens with zero attached hydrogens (tertiary/aromatic N) is 3. The molecular formula is C21H20N4OS. The monoisotopic (exact) mass is 376 g/mol. The Labute approximate surface area is 163 Å². The molecule has 2 aromatic carbocycles. The van der Waals surface area contributed by atoms with Crippen LogP contribution in [0, 0.1) is 11.3 Å². The number of carbonyl (C=O) groups is 1. The van der Waals surface area contributed by atoms with E-state index in [0.29, 0.717) is 23.4 Å². The molecule has 27 heavy (non-hydrogen) atoms. The second-order valence-corrected chi connectivity index (χ2v) is 6.90. The molecule has 1 aromatic heterocycles. The molecule has 136 valence electrons. The molecule has 0 radical (unpaired) electrons. The lowest BCUT2D eigenvalue weighted by Crippen LogP contribution is -2.13. The molecule has 1 heterocycles. The zero-order chi connectivity index (χ0) is 19.1. The number of aromatic nitrogens is 2. The molecule has 6 heteroatoms. The number of benzene rings is 2. The van der Waals surface area contributed by atoms with Crippen LogP contribution in [0.1, 0.15) is 18.9 Å². The van der Waals surface area contributed by atoms with Gasteiger partial charge in [-0.05, 0) is 24.6 Å². The van der Waals surface area contributed by atoms with Gasteiger partial charge in [0, 0.05) is 18.7 Å². The second kappa shape index (κ2) is 9.06. The van der Waals surface area contributed by atoms with E-state index < -0.39 is 0 Å². The molecule has 0 atom stereocenters. The summed E-state index contributed by atoms with van der Waals surface area (Å²) in [5.74, 6) is 0.509. The zero-order valence-corrected chi connectivity index (χ0v) is 15.9. The van der Waals surface area contributed by atoms with E-state index in [1.807, 2.05) is 24.4 Å². The van der Waals surface area contributed by atoms with E-state index in [1.54, 1.807) is 36.0 Å². The average Bonchev–Trinajstić information content (AvgIpc) is 3.12. The first-order valence-corrected chi connectivity index (χ1v) is 9.74. The Bertz CT molecular complexity index is 960. The van der Waals surface area contributed by atoms with Gasteiger partial charge in [-0.15, -0.1) is 0 Å². The van der Waals surface area contributed by atoms with Crippen LogP contribution in [-0.2, 0) is 11.3 Å². The zero-order valence-electron chi connectivity index (χ0n) is 15.1. The Balaban J connectivity index is 1.60. The maximum Gasteiger partial charge on any atom is 0.225 e. The van der Waals surface area contributed by atoms with Crippen LogP contribution < -0.4 is 5.32 Å². The van der Waals surface area contributed by atoms with Gasteiger partial charge >= 0.3 is 0 Å². The summed E-state index contributed by atoms with van der Waals surface area (Å²) >= 11 is 1.56. The molecule has 0 spiro atoms. The number of nitrogens with one attached hydrogen (secondary N) is 1. The number of thioether (sulfide) groups is 1. The molecule has 3 aromatic rings. The quantitative estimate of drug-likeness (QED) is 0.614. The Hall–Kier alpha value is -3.04. The lowest BCUT2D eigenvalue weighted by atomic mass is 10.2. The van der Waals surface area contributed by atoms with Crippen LogP contribution in [0.2, 0.25) is 0 Å². The first-order valence-electron chi connectivity index (χ1n) is 8.75. The molecule has 3 rings (SSSR count). The SMILES string of the molecule is CCn1c(-c2ccccc2)cnc1SCCC(=O)Nc1ccccc1C#N. The maximum atomic E-state index is 12.2. The van der Waals surface area contributed by atoms with Crippen molar-refractivity contribution < 1.29 is 4.79 Å². The van der Waals surface area contributed by atoms with Gasteiger partial charge in [-0.1, -0.05) is 54.2 Å². The molecule has 0 aliphatic carbocycles. The van der Waals surface area contributed by atoms with Crippen LogP contribution in [0.4, 0.5) is 5.69 Å². The standard InChI is InChI=1S/C21H20N4OS/c1-2-25-19(16-8-4-3-5-9-16)15-23-21(25)27-13-12-20(26)24-18-11-7-6-10-17(18)14-22/h3-11,15H,2,12-13H2,1H3,(H,24,26). The number of para-hydroxylation sites is 1. The molecule has 0 saturated carbocycles. The van der Waals surface area contributed by atoms with Crippen molar-refractivity contribution in [2.24, 2.45) is 0 Å². The van der Waals surface area contributed by atoms with Crippen LogP contribution in [0.5, 0.6) is 0 Å². The lowest BCUT2D eigenvalue weighted by molar-refractivity contribution is -0.115. The van der Waals surface area contributed by atoms with Crippen molar-refractivity contribution >= 4 is 23.4 Å². The summed E-state index contributed by atoms with van der Waals surface area (Å²) in [5, 5.41) is 12.8. The molecule has 0 saturated heterocycles. The fraction of sp³-hybridized carbons (Fsp3) is 0.190. The third kappa shape index (κ3) is 4.57. The largest absolute Gasteiger partial charge is 0.325 e. The molecular weight excluding hydrogens is 356 g/mol. The van der Waals surface area contributed by atoms with E-state index in [1.165, 1.54) is 0 Å². The molecule has 1 amide bonds. The van der Waals surface area contributed by atoms with E-state index in [-0.39, 0.29) is 5.91 Å². The summed E-state index contributed by atoms with van der Waals surface area (Å²) in [6, 6.07) is 19.2. The summed E-state index contributed by atoms with van der Waals surface area (Å²) in [5.41, 5.74) is 3.22. The number of imidazole rings is 1. The van der Waals surface area contributed by atoms with Crippen molar-refractivity contribution in [3.8, 4) is 17.3 Å². The topological polar surface area (TPSA) is 70.7 Å². The minimum Gasteiger partial charge on any atom is -0.325 e. The first-order chi connectivity index (χ1) is 13.2. The Morgan fingerprint density at radius 1 is 1.19 bits per heavy atom. The number of anilines is 1. The van der Waals surface area contributed by atoms with Gasteiger partial charge in [0.15, 0.2) is 5.16 Å². The molecule has 0 aliphatic heterocycles. The van der Waals surface area contributed by atoms with Crippen molar-refractivity contribution in [3.05, 3.63) is 66.4 Å². The minimum absolute atomic E-state index is 0.108. The molecule has 0 unspecified atom stereocenters. The molecule has 1 N–H and O–H groups in total. The number of hydrogen-bond acceptors (Lipinski definition) is 4. The third-order valence-corrected chi connectivity index (χ3v) is 5.08. The van der Waals surface area contributed by atoms with Gasteiger partial charge in [-0.25, -0.2) is 4.98 Å². The van der Waals surface area contributed by atoms with Gasteiger partial charge in [-0.3, -0.25) is 4.79 Å². The number of hydrogen-bond donors (Lipinski definition) is 1. The van der Waals surface area contributed by atoms with E-state index in [9.17, 15) is 4.79 Å². The third-order valence-electron chi connectivity index (χ3n) is 4.09. The number of rotatable bonds is 7. The van der Waals surface area contributed by atoms with Gasteiger partial charge in [0.2, 0.25) is 5.91 Å². The summed E-state index contributed by atoms with van der Waals surface area (Å²) in [4.78, 5) is 16.7. The highest BCUT2D eigenvalue weighted by Crippen LogP contribution is 2.26. The van der Waals surface area contributed by atoms with Gasteiger partial charge in [-0.2, -0.15) is 5.26 Å². The predicted molar refractivity (Wildman–Crippen MR) is 108 cm³/mol. The van der Waals surface area contributed by atoms with Crippen LogP contribution in [-0.4, -0.2) is 21.2 Å². The molecule has 0 bridgehead atoms. The van der Waals surface area contributed by atoms with Crippen molar-refractivity contribution in [3.63, 3.8) is 0 Å². The number of carbonyl (C=O) groups excluding carboxylic acids is 1. The Kier molecular flexibility index (Phi) is 6.29. The predicted octanol–water partition coefficient (Wildman–Crippen LogP) is 4.56. The van der Waals surface area contributed by atoms with Gasteiger partial charge in [0.05, 0.1) is 23.1 Å². The van der Waals surface area contributed by atoms with Crippen molar-refractivity contribution in [2.75, 3.05) is 11.1 Å². The Morgan fingerprint density at radius 2 is 1.93 bits per heavy atom. The van der Waals surface area contributed by atoms with Crippen molar-refractivity contribution in [2.45, 2.75) is 25.0 Å². The number of nitriles is 1. The van der Waals surface area contributed by atoms with Gasteiger partial charge in [0.1, 0.15) is 6.07 Å². The van der Waals surface area contributed by atoms with Crippen LogP contribution in [0.15, 0.2) is 66.0 Å². The van der Waals surface area contributed by atoms with E-state index in [4.69, 9.17) is 5.26 Å². The van der Waals surface area contributed by atoms with Crippen molar-refractivity contribution in [1.82, 2.24) is 9.55 Å². The van der Waals surface area contributed by atoms with Crippen LogP contribution in [0.3, 0.4) is 0 Å². The van der Waals surface area contributed by atoms with Gasteiger partial charge in [0.25, 0.3) is 0 Å². The molecule has 5 nitrogen and oxygen atoms in total. The summed E-state index contributed by atoms with van der Waals surface area (Å²) < 4.78 is 2.16. The maximum absolute atomic E-state index is 12.2. The fourth-order valence-electron chi connectivity index (χ4n) is 2.76. The van der Waals surface area contributed by atoms with E-state index in [2.05, 4.69) is 40.0 Å². The normalized spacial score (nSPS) is 10.4. The molecule has 0 fully saturated rings. The summed E-state index contributed by atoms with van der Waals surface area (Å²) in [6.07, 6.45) is 2.23. The lowest BCUT2D eigenvalue weighted by Gasteiger charge is -2.09. The summed E-state index contributed by atoms with van der Waals surface area (Å²) in [6.45, 7) is 2.90. The Morgan fingerprint density at radius 3 is 2.67 bits per heavy atom.